The third-order valence-corrected chi connectivity index (χ3v) is 7.43. The van der Waals surface area contributed by atoms with Crippen LogP contribution in [0.25, 0.3) is 11.3 Å². The number of aromatic nitrogens is 1. The number of hydrogen-bond donors (Lipinski definition) is 1. The largest absolute Gasteiger partial charge is 0.487 e. The van der Waals surface area contributed by atoms with E-state index in [2.05, 4.69) is 9.71 Å². The lowest BCUT2D eigenvalue weighted by molar-refractivity contribution is -0.117. The van der Waals surface area contributed by atoms with Crippen molar-refractivity contribution in [1.82, 2.24) is 4.98 Å². The summed E-state index contributed by atoms with van der Waals surface area (Å²) < 4.78 is 34.3. The van der Waals surface area contributed by atoms with Crippen molar-refractivity contribution in [3.05, 3.63) is 52.9 Å². The average molecular weight is 458 g/mol. The molecule has 9 heteroatoms. The Kier molecular flexibility index (Phi) is 5.49. The predicted molar refractivity (Wildman–Crippen MR) is 122 cm³/mol. The number of aryl methyl sites for hydroxylation is 2. The number of anilines is 2. The van der Waals surface area contributed by atoms with E-state index in [0.29, 0.717) is 23.7 Å². The third kappa shape index (κ3) is 4.28. The maximum absolute atomic E-state index is 13.0. The van der Waals surface area contributed by atoms with Gasteiger partial charge in [-0.1, -0.05) is 12.1 Å². The van der Waals surface area contributed by atoms with Gasteiger partial charge in [-0.15, -0.1) is 11.3 Å². The van der Waals surface area contributed by atoms with Crippen LogP contribution in [0.3, 0.4) is 0 Å². The molecule has 1 unspecified atom stereocenters. The Labute approximate surface area is 185 Å². The van der Waals surface area contributed by atoms with E-state index in [1.54, 1.807) is 6.07 Å². The van der Waals surface area contributed by atoms with E-state index in [-0.39, 0.29) is 22.0 Å². The minimum atomic E-state index is -3.89. The average Bonchev–Trinajstić information content (AvgIpc) is 3.16. The molecule has 0 spiro atoms. The number of sulfonamides is 1. The Morgan fingerprint density at radius 2 is 1.97 bits per heavy atom. The first kappa shape index (κ1) is 21.3. The highest BCUT2D eigenvalue weighted by atomic mass is 32.2. The zero-order valence-corrected chi connectivity index (χ0v) is 19.3. The summed E-state index contributed by atoms with van der Waals surface area (Å²) in [6.45, 7) is 7.74. The molecule has 2 heterocycles. The smallest absolute Gasteiger partial charge is 0.263 e. The van der Waals surface area contributed by atoms with Crippen molar-refractivity contribution in [1.29, 1.82) is 0 Å². The number of ether oxygens (including phenoxy) is 1. The number of benzene rings is 2. The van der Waals surface area contributed by atoms with Crippen LogP contribution in [0, 0.1) is 13.8 Å². The molecule has 0 bridgehead atoms. The number of nitrogens with one attached hydrogen (secondary N) is 1. The van der Waals surface area contributed by atoms with Crippen molar-refractivity contribution in [2.24, 2.45) is 0 Å². The molecule has 7 nitrogen and oxygen atoms in total. The predicted octanol–water partition coefficient (Wildman–Crippen LogP) is 4.36. The Morgan fingerprint density at radius 1 is 1.19 bits per heavy atom. The molecule has 0 aliphatic carbocycles. The second-order valence-corrected chi connectivity index (χ2v) is 10.2. The van der Waals surface area contributed by atoms with Crippen molar-refractivity contribution < 1.29 is 17.9 Å². The Balaban J connectivity index is 1.61. The van der Waals surface area contributed by atoms with Gasteiger partial charge < -0.3 is 9.64 Å². The number of nitrogens with zero attached hydrogens (tertiary/aromatic N) is 2. The van der Waals surface area contributed by atoms with E-state index in [1.165, 1.54) is 40.9 Å². The third-order valence-electron chi connectivity index (χ3n) is 5.21. The minimum Gasteiger partial charge on any atom is -0.487 e. The van der Waals surface area contributed by atoms with Gasteiger partial charge in [-0.25, -0.2) is 13.4 Å². The molecule has 1 aliphatic heterocycles. The number of thiazole rings is 1. The second-order valence-electron chi connectivity index (χ2n) is 7.63. The lowest BCUT2D eigenvalue weighted by Crippen LogP contribution is -2.41. The van der Waals surface area contributed by atoms with E-state index >= 15 is 0 Å². The van der Waals surface area contributed by atoms with Gasteiger partial charge in [0.1, 0.15) is 11.9 Å². The first-order valence-electron chi connectivity index (χ1n) is 9.79. The maximum Gasteiger partial charge on any atom is 0.263 e. The molecule has 0 saturated carbocycles. The summed E-state index contributed by atoms with van der Waals surface area (Å²) in [7, 11) is -3.89. The van der Waals surface area contributed by atoms with Gasteiger partial charge in [0.2, 0.25) is 5.91 Å². The fourth-order valence-electron chi connectivity index (χ4n) is 3.41. The number of hydrogen-bond acceptors (Lipinski definition) is 6. The van der Waals surface area contributed by atoms with Crippen molar-refractivity contribution in [3.63, 3.8) is 0 Å². The van der Waals surface area contributed by atoms with Crippen LogP contribution in [-0.4, -0.2) is 32.0 Å². The van der Waals surface area contributed by atoms with Gasteiger partial charge >= 0.3 is 0 Å². The Morgan fingerprint density at radius 3 is 2.68 bits per heavy atom. The summed E-state index contributed by atoms with van der Waals surface area (Å²) in [4.78, 5) is 18.1. The first-order chi connectivity index (χ1) is 14.6. The van der Waals surface area contributed by atoms with E-state index in [1.807, 2.05) is 44.4 Å². The van der Waals surface area contributed by atoms with Gasteiger partial charge in [0.15, 0.2) is 5.13 Å². The van der Waals surface area contributed by atoms with Gasteiger partial charge in [0, 0.05) is 17.9 Å². The molecular weight excluding hydrogens is 434 g/mol. The molecule has 4 rings (SSSR count). The van der Waals surface area contributed by atoms with Gasteiger partial charge in [-0.3, -0.25) is 9.52 Å². The van der Waals surface area contributed by atoms with E-state index in [0.717, 1.165) is 11.1 Å². The van der Waals surface area contributed by atoms with Crippen molar-refractivity contribution >= 4 is 38.1 Å². The van der Waals surface area contributed by atoms with Gasteiger partial charge in [-0.2, -0.15) is 0 Å². The molecular formula is C22H23N3O4S2. The zero-order valence-electron chi connectivity index (χ0n) is 17.7. The van der Waals surface area contributed by atoms with Crippen LogP contribution < -0.4 is 14.4 Å². The van der Waals surface area contributed by atoms with Gasteiger partial charge in [0.05, 0.1) is 22.8 Å². The number of fused-ring (bicyclic) bond motifs is 1. The van der Waals surface area contributed by atoms with Crippen molar-refractivity contribution in [2.75, 3.05) is 16.2 Å². The van der Waals surface area contributed by atoms with Crippen molar-refractivity contribution in [3.8, 4) is 17.0 Å². The fourth-order valence-corrected chi connectivity index (χ4v) is 5.40. The standard InChI is InChI=1S/C22H23N3O4S2/c1-13-5-6-17(9-14(13)2)19-12-30-22(23-19)24-31(27,28)18-7-8-21-20(10-18)25(16(4)26)11-15(3)29-21/h5-10,12,15H,11H2,1-4H3,(H,23,24). The normalized spacial score (nSPS) is 15.9. The molecule has 2 aromatic carbocycles. The quantitative estimate of drug-likeness (QED) is 0.629. The van der Waals surface area contributed by atoms with E-state index in [9.17, 15) is 13.2 Å². The lowest BCUT2D eigenvalue weighted by Gasteiger charge is -2.33. The van der Waals surface area contributed by atoms with Crippen LogP contribution in [0.5, 0.6) is 5.75 Å². The van der Waals surface area contributed by atoms with E-state index in [4.69, 9.17) is 4.74 Å². The molecule has 1 N–H and O–H groups in total. The molecule has 1 aliphatic rings. The maximum atomic E-state index is 13.0. The Hall–Kier alpha value is -2.91. The van der Waals surface area contributed by atoms with Crippen LogP contribution in [0.1, 0.15) is 25.0 Å². The van der Waals surface area contributed by atoms with Crippen LogP contribution in [-0.2, 0) is 14.8 Å². The van der Waals surface area contributed by atoms with Gasteiger partial charge in [0.25, 0.3) is 10.0 Å². The molecule has 31 heavy (non-hydrogen) atoms. The molecule has 0 radical (unpaired) electrons. The van der Waals surface area contributed by atoms with Crippen LogP contribution in [0.4, 0.5) is 10.8 Å². The van der Waals surface area contributed by atoms with Gasteiger partial charge in [-0.05, 0) is 56.2 Å². The van der Waals surface area contributed by atoms with Crippen molar-refractivity contribution in [2.45, 2.75) is 38.7 Å². The summed E-state index contributed by atoms with van der Waals surface area (Å²) >= 11 is 1.22. The second kappa shape index (κ2) is 7.97. The number of carbonyl (C=O) groups excluding carboxylic acids is 1. The zero-order chi connectivity index (χ0) is 22.3. The molecule has 1 amide bonds. The highest BCUT2D eigenvalue weighted by Gasteiger charge is 2.28. The molecule has 1 atom stereocenters. The molecule has 1 aromatic heterocycles. The SMILES string of the molecule is CC(=O)N1CC(C)Oc2ccc(S(=O)(=O)Nc3nc(-c4ccc(C)c(C)c4)cs3)cc21. The van der Waals surface area contributed by atoms with Crippen LogP contribution >= 0.6 is 11.3 Å². The summed E-state index contributed by atoms with van der Waals surface area (Å²) in [5.74, 6) is 0.316. The molecule has 0 fully saturated rings. The summed E-state index contributed by atoms with van der Waals surface area (Å²) in [5, 5.41) is 2.10. The molecule has 3 aromatic rings. The lowest BCUT2D eigenvalue weighted by atomic mass is 10.1. The number of amides is 1. The topological polar surface area (TPSA) is 88.6 Å². The monoisotopic (exact) mass is 457 g/mol. The van der Waals surface area contributed by atoms with Crippen LogP contribution in [0.2, 0.25) is 0 Å². The highest BCUT2D eigenvalue weighted by molar-refractivity contribution is 7.93. The summed E-state index contributed by atoms with van der Waals surface area (Å²) in [6.07, 6.45) is -0.170. The molecule has 162 valence electrons. The van der Waals surface area contributed by atoms with Crippen LogP contribution in [0.15, 0.2) is 46.7 Å². The molecule has 0 saturated heterocycles. The summed E-state index contributed by atoms with van der Waals surface area (Å²) in [6, 6.07) is 10.5. The fraction of sp³-hybridized carbons (Fsp3) is 0.273. The Bertz CT molecular complexity index is 1270. The first-order valence-corrected chi connectivity index (χ1v) is 12.1. The van der Waals surface area contributed by atoms with E-state index < -0.39 is 10.0 Å². The number of rotatable bonds is 4. The number of carbonyl (C=O) groups is 1. The summed E-state index contributed by atoms with van der Waals surface area (Å²) in [5.41, 5.74) is 4.42. The highest BCUT2D eigenvalue weighted by Crippen LogP contribution is 2.36. The minimum absolute atomic E-state index is 0.0404.